The quantitative estimate of drug-likeness (QED) is 0.497. The van der Waals surface area contributed by atoms with Crippen LogP contribution in [0.2, 0.25) is 0 Å². The van der Waals surface area contributed by atoms with Crippen molar-refractivity contribution in [1.29, 1.82) is 0 Å². The largest absolute Gasteiger partial charge is 0.482 e. The van der Waals surface area contributed by atoms with Crippen LogP contribution in [0.25, 0.3) is 0 Å². The fourth-order valence-corrected chi connectivity index (χ4v) is 4.75. The average molecular weight is 516 g/mol. The number of amides is 2. The Morgan fingerprint density at radius 1 is 1.28 bits per heavy atom. The summed E-state index contributed by atoms with van der Waals surface area (Å²) in [6, 6.07) is 12.8. The molecule has 4 rings (SSSR count). The van der Waals surface area contributed by atoms with Crippen molar-refractivity contribution >= 4 is 50.9 Å². The number of aromatic nitrogens is 3. The second-order valence-corrected chi connectivity index (χ2v) is 9.25. The van der Waals surface area contributed by atoms with E-state index in [2.05, 4.69) is 31.4 Å². The topological polar surface area (TPSA) is 89.3 Å². The predicted molar refractivity (Wildman–Crippen MR) is 127 cm³/mol. The molecule has 0 saturated carbocycles. The highest BCUT2D eigenvalue weighted by Crippen LogP contribution is 2.37. The number of carbonyl (C=O) groups is 2. The first-order chi connectivity index (χ1) is 15.3. The zero-order chi connectivity index (χ0) is 22.8. The van der Waals surface area contributed by atoms with E-state index in [1.165, 1.54) is 11.8 Å². The molecule has 3 aromatic rings. The molecule has 0 unspecified atom stereocenters. The molecule has 32 heavy (non-hydrogen) atoms. The highest BCUT2D eigenvalue weighted by molar-refractivity contribution is 9.10. The van der Waals surface area contributed by atoms with Crippen molar-refractivity contribution in [3.05, 3.63) is 58.3 Å². The van der Waals surface area contributed by atoms with Crippen LogP contribution in [0.1, 0.15) is 24.4 Å². The highest BCUT2D eigenvalue weighted by atomic mass is 79.9. The predicted octanol–water partition coefficient (Wildman–Crippen LogP) is 4.10. The molecule has 10 heteroatoms. The Kier molecular flexibility index (Phi) is 6.52. The molecule has 1 aliphatic heterocycles. The van der Waals surface area contributed by atoms with Gasteiger partial charge in [-0.25, -0.2) is 0 Å². The number of anilines is 2. The summed E-state index contributed by atoms with van der Waals surface area (Å²) in [4.78, 5) is 26.7. The lowest BCUT2D eigenvalue weighted by Crippen LogP contribution is -2.41. The standard InChI is InChI=1S/C22H22BrN5O3S/c1-13-10-15(23)8-9-16(13)24-19(29)12-32-22-26-25-21(27(22)3)14(2)28-17-6-4-5-7-18(17)31-11-20(28)30/h4-10,14H,11-12H2,1-3H3,(H,24,29)/t14-/m1/s1. The third kappa shape index (κ3) is 4.51. The lowest BCUT2D eigenvalue weighted by molar-refractivity contribution is -0.121. The van der Waals surface area contributed by atoms with Crippen molar-refractivity contribution in [2.75, 3.05) is 22.6 Å². The SMILES string of the molecule is Cc1cc(Br)ccc1NC(=O)CSc1nnc([C@@H](C)N2C(=O)COc3ccccc32)n1C. The van der Waals surface area contributed by atoms with Crippen LogP contribution in [0.4, 0.5) is 11.4 Å². The molecule has 8 nitrogen and oxygen atoms in total. The summed E-state index contributed by atoms with van der Waals surface area (Å²) < 4.78 is 8.31. The smallest absolute Gasteiger partial charge is 0.265 e. The molecule has 0 aliphatic carbocycles. The Morgan fingerprint density at radius 2 is 2.06 bits per heavy atom. The molecule has 0 bridgehead atoms. The van der Waals surface area contributed by atoms with E-state index in [9.17, 15) is 9.59 Å². The van der Waals surface area contributed by atoms with Gasteiger partial charge in [-0.15, -0.1) is 10.2 Å². The van der Waals surface area contributed by atoms with Gasteiger partial charge in [0.2, 0.25) is 5.91 Å². The zero-order valence-corrected chi connectivity index (χ0v) is 20.2. The molecule has 166 valence electrons. The molecule has 1 atom stereocenters. The van der Waals surface area contributed by atoms with Crippen LogP contribution in [-0.4, -0.2) is 38.9 Å². The third-order valence-corrected chi connectivity index (χ3v) is 6.68. The molecule has 1 aliphatic rings. The first-order valence-electron chi connectivity index (χ1n) is 9.97. The van der Waals surface area contributed by atoms with Crippen molar-refractivity contribution in [2.45, 2.75) is 25.0 Å². The van der Waals surface area contributed by atoms with Gasteiger partial charge in [-0.1, -0.05) is 39.8 Å². The van der Waals surface area contributed by atoms with E-state index >= 15 is 0 Å². The number of halogens is 1. The van der Waals surface area contributed by atoms with Crippen LogP contribution in [0, 0.1) is 6.92 Å². The normalized spacial score (nSPS) is 14.0. The van der Waals surface area contributed by atoms with Gasteiger partial charge in [0, 0.05) is 17.2 Å². The molecule has 0 fully saturated rings. The lowest BCUT2D eigenvalue weighted by atomic mass is 10.1. The molecule has 0 spiro atoms. The maximum Gasteiger partial charge on any atom is 0.265 e. The number of nitrogens with one attached hydrogen (secondary N) is 1. The van der Waals surface area contributed by atoms with Crippen LogP contribution in [-0.2, 0) is 16.6 Å². The first kappa shape index (κ1) is 22.3. The fourth-order valence-electron chi connectivity index (χ4n) is 3.56. The minimum Gasteiger partial charge on any atom is -0.482 e. The van der Waals surface area contributed by atoms with E-state index in [1.54, 1.807) is 4.90 Å². The van der Waals surface area contributed by atoms with E-state index in [4.69, 9.17) is 4.74 Å². The number of hydrogen-bond acceptors (Lipinski definition) is 6. The van der Waals surface area contributed by atoms with Gasteiger partial charge in [0.15, 0.2) is 17.6 Å². The summed E-state index contributed by atoms with van der Waals surface area (Å²) in [5.41, 5.74) is 2.45. The maximum atomic E-state index is 12.6. The molecule has 2 aromatic carbocycles. The molecule has 0 saturated heterocycles. The van der Waals surface area contributed by atoms with Crippen molar-refractivity contribution in [3.8, 4) is 5.75 Å². The number of nitrogens with zero attached hydrogens (tertiary/aromatic N) is 4. The minimum absolute atomic E-state index is 0.0174. The van der Waals surface area contributed by atoms with E-state index in [0.29, 0.717) is 22.4 Å². The molecular formula is C22H22BrN5O3S. The molecule has 1 aromatic heterocycles. The Balaban J connectivity index is 1.45. The van der Waals surface area contributed by atoms with Gasteiger partial charge < -0.3 is 14.6 Å². The van der Waals surface area contributed by atoms with Crippen molar-refractivity contribution < 1.29 is 14.3 Å². The summed E-state index contributed by atoms with van der Waals surface area (Å²) >= 11 is 4.72. The molecule has 0 radical (unpaired) electrons. The number of ether oxygens (including phenoxy) is 1. The summed E-state index contributed by atoms with van der Waals surface area (Å²) in [5.74, 6) is 1.21. The van der Waals surface area contributed by atoms with Gasteiger partial charge in [-0.3, -0.25) is 14.5 Å². The lowest BCUT2D eigenvalue weighted by Gasteiger charge is -2.33. The maximum absolute atomic E-state index is 12.6. The van der Waals surface area contributed by atoms with Crippen molar-refractivity contribution in [2.24, 2.45) is 7.05 Å². The molecule has 2 amide bonds. The van der Waals surface area contributed by atoms with Crippen LogP contribution >= 0.6 is 27.7 Å². The number of fused-ring (bicyclic) bond motifs is 1. The number of para-hydroxylation sites is 2. The fraction of sp³-hybridized carbons (Fsp3) is 0.273. The Morgan fingerprint density at radius 3 is 2.84 bits per heavy atom. The van der Waals surface area contributed by atoms with Gasteiger partial charge in [0.25, 0.3) is 5.91 Å². The second-order valence-electron chi connectivity index (χ2n) is 7.39. The molecule has 1 N–H and O–H groups in total. The monoisotopic (exact) mass is 515 g/mol. The third-order valence-electron chi connectivity index (χ3n) is 5.17. The summed E-state index contributed by atoms with van der Waals surface area (Å²) in [6.07, 6.45) is 0. The molecular weight excluding hydrogens is 494 g/mol. The van der Waals surface area contributed by atoms with E-state index in [0.717, 1.165) is 15.7 Å². The van der Waals surface area contributed by atoms with Crippen molar-refractivity contribution in [1.82, 2.24) is 14.8 Å². The number of carbonyl (C=O) groups excluding carboxylic acids is 2. The van der Waals surface area contributed by atoms with Crippen LogP contribution in [0.3, 0.4) is 0 Å². The Bertz CT molecular complexity index is 1180. The second kappa shape index (κ2) is 9.33. The van der Waals surface area contributed by atoms with Gasteiger partial charge in [0.1, 0.15) is 5.75 Å². The number of hydrogen-bond donors (Lipinski definition) is 1. The minimum atomic E-state index is -0.348. The van der Waals surface area contributed by atoms with Crippen LogP contribution < -0.4 is 15.0 Å². The summed E-state index contributed by atoms with van der Waals surface area (Å²) in [6.45, 7) is 3.83. The van der Waals surface area contributed by atoms with E-state index < -0.39 is 0 Å². The van der Waals surface area contributed by atoms with Gasteiger partial charge >= 0.3 is 0 Å². The number of thioether (sulfide) groups is 1. The average Bonchev–Trinajstić information content (AvgIpc) is 3.14. The van der Waals surface area contributed by atoms with E-state index in [-0.39, 0.29) is 30.2 Å². The van der Waals surface area contributed by atoms with Crippen LogP contribution in [0.15, 0.2) is 52.1 Å². The Hall–Kier alpha value is -2.85. The van der Waals surface area contributed by atoms with Crippen LogP contribution in [0.5, 0.6) is 5.75 Å². The van der Waals surface area contributed by atoms with Gasteiger partial charge in [-0.2, -0.15) is 0 Å². The summed E-state index contributed by atoms with van der Waals surface area (Å²) in [5, 5.41) is 12.1. The van der Waals surface area contributed by atoms with E-state index in [1.807, 2.05) is 67.9 Å². The first-order valence-corrected chi connectivity index (χ1v) is 11.7. The van der Waals surface area contributed by atoms with Gasteiger partial charge in [0.05, 0.1) is 17.5 Å². The number of rotatable bonds is 6. The number of benzene rings is 2. The van der Waals surface area contributed by atoms with Crippen molar-refractivity contribution in [3.63, 3.8) is 0 Å². The number of aryl methyl sites for hydroxylation is 1. The highest BCUT2D eigenvalue weighted by Gasteiger charge is 2.32. The Labute approximate surface area is 198 Å². The summed E-state index contributed by atoms with van der Waals surface area (Å²) in [7, 11) is 1.84. The molecule has 2 heterocycles. The zero-order valence-electron chi connectivity index (χ0n) is 17.8. The van der Waals surface area contributed by atoms with Gasteiger partial charge in [-0.05, 0) is 49.7 Å².